The van der Waals surface area contributed by atoms with Crippen LogP contribution in [-0.4, -0.2) is 9.91 Å². The number of rotatable bonds is 3. The number of hydrogen-bond donors (Lipinski definition) is 0. The Morgan fingerprint density at radius 2 is 1.83 bits per heavy atom. The molecule has 1 aromatic heterocycles. The first-order valence-electron chi connectivity index (χ1n) is 6.93. The largest absolute Gasteiger partial charge is 0.455 e. The molecule has 6 heteroatoms. The van der Waals surface area contributed by atoms with Crippen molar-refractivity contribution < 1.29 is 9.66 Å². The number of pyridine rings is 1. The minimum absolute atomic E-state index is 0.00952. The van der Waals surface area contributed by atoms with Gasteiger partial charge in [0, 0.05) is 23.7 Å². The maximum atomic E-state index is 10.8. The van der Waals surface area contributed by atoms with Crippen molar-refractivity contribution in [1.29, 1.82) is 0 Å². The molecule has 5 nitrogen and oxygen atoms in total. The summed E-state index contributed by atoms with van der Waals surface area (Å²) in [5.41, 5.74) is 3.18. The second-order valence-electron chi connectivity index (χ2n) is 5.24. The van der Waals surface area contributed by atoms with E-state index in [1.807, 2.05) is 26.0 Å². The highest BCUT2D eigenvalue weighted by Gasteiger charge is 2.12. The van der Waals surface area contributed by atoms with Crippen LogP contribution in [0.2, 0.25) is 0 Å². The SMILES string of the molecule is Cc1cc2nccc(Oc3ccc([N+](=O)[O-])cc3Br)c2cc1C. The van der Waals surface area contributed by atoms with Gasteiger partial charge >= 0.3 is 0 Å². The lowest BCUT2D eigenvalue weighted by Crippen LogP contribution is -1.92. The molecule has 0 amide bonds. The first-order valence-corrected chi connectivity index (χ1v) is 7.73. The van der Waals surface area contributed by atoms with Crippen LogP contribution in [0.3, 0.4) is 0 Å². The first-order chi connectivity index (χ1) is 11.0. The molecule has 0 atom stereocenters. The number of halogens is 1. The molecule has 0 aliphatic carbocycles. The molecular formula is C17H13BrN2O3. The Morgan fingerprint density at radius 1 is 1.09 bits per heavy atom. The number of aryl methyl sites for hydroxylation is 2. The Bertz CT molecular complexity index is 925. The Morgan fingerprint density at radius 3 is 2.52 bits per heavy atom. The van der Waals surface area contributed by atoms with Crippen LogP contribution in [0.25, 0.3) is 10.9 Å². The van der Waals surface area contributed by atoms with Crippen molar-refractivity contribution in [1.82, 2.24) is 4.98 Å². The molecule has 0 spiro atoms. The molecule has 0 unspecified atom stereocenters. The van der Waals surface area contributed by atoms with Crippen molar-refractivity contribution >= 4 is 32.5 Å². The summed E-state index contributed by atoms with van der Waals surface area (Å²) in [6.07, 6.45) is 1.69. The Balaban J connectivity index is 2.05. The molecule has 0 bridgehead atoms. The summed E-state index contributed by atoms with van der Waals surface area (Å²) in [5.74, 6) is 1.17. The number of benzene rings is 2. The van der Waals surface area contributed by atoms with Crippen LogP contribution in [0, 0.1) is 24.0 Å². The lowest BCUT2D eigenvalue weighted by molar-refractivity contribution is -0.384. The second-order valence-corrected chi connectivity index (χ2v) is 6.09. The number of hydrogen-bond acceptors (Lipinski definition) is 4. The highest BCUT2D eigenvalue weighted by molar-refractivity contribution is 9.10. The molecule has 2 aromatic carbocycles. The zero-order chi connectivity index (χ0) is 16.6. The quantitative estimate of drug-likeness (QED) is 0.461. The predicted octanol–water partition coefficient (Wildman–Crippen LogP) is 5.31. The Labute approximate surface area is 141 Å². The topological polar surface area (TPSA) is 65.3 Å². The molecule has 0 saturated heterocycles. The Hall–Kier alpha value is -2.47. The average Bonchev–Trinajstić information content (AvgIpc) is 2.51. The summed E-state index contributed by atoms with van der Waals surface area (Å²) in [6, 6.07) is 10.3. The molecule has 0 aliphatic rings. The molecule has 1 heterocycles. The summed E-state index contributed by atoms with van der Waals surface area (Å²) in [6.45, 7) is 4.07. The lowest BCUT2D eigenvalue weighted by Gasteiger charge is -2.11. The van der Waals surface area contributed by atoms with Crippen LogP contribution in [0.4, 0.5) is 5.69 Å². The lowest BCUT2D eigenvalue weighted by atomic mass is 10.1. The zero-order valence-electron chi connectivity index (χ0n) is 12.5. The number of nitrogens with zero attached hydrogens (tertiary/aromatic N) is 2. The van der Waals surface area contributed by atoms with Gasteiger partial charge in [0.25, 0.3) is 5.69 Å². The molecule has 0 N–H and O–H groups in total. The van der Waals surface area contributed by atoms with Crippen molar-refractivity contribution in [2.24, 2.45) is 0 Å². The predicted molar refractivity (Wildman–Crippen MR) is 92.1 cm³/mol. The minimum Gasteiger partial charge on any atom is -0.455 e. The van der Waals surface area contributed by atoms with E-state index in [2.05, 4.69) is 20.9 Å². The van der Waals surface area contributed by atoms with E-state index < -0.39 is 4.92 Å². The number of fused-ring (bicyclic) bond motifs is 1. The molecule has 23 heavy (non-hydrogen) atoms. The molecule has 3 rings (SSSR count). The molecule has 0 fully saturated rings. The molecule has 0 saturated carbocycles. The van der Waals surface area contributed by atoms with E-state index in [1.165, 1.54) is 17.7 Å². The normalized spacial score (nSPS) is 10.7. The monoisotopic (exact) mass is 372 g/mol. The van der Waals surface area contributed by atoms with E-state index in [1.54, 1.807) is 18.3 Å². The third-order valence-electron chi connectivity index (χ3n) is 3.66. The number of ether oxygens (including phenoxy) is 1. The van der Waals surface area contributed by atoms with Crippen molar-refractivity contribution in [3.05, 3.63) is 68.3 Å². The van der Waals surface area contributed by atoms with E-state index in [0.717, 1.165) is 16.5 Å². The molecular weight excluding hydrogens is 360 g/mol. The standard InChI is InChI=1S/C17H13BrN2O3/c1-10-7-13-15(8-11(10)2)19-6-5-16(13)23-17-4-3-12(20(21)22)9-14(17)18/h3-9H,1-2H3. The van der Waals surface area contributed by atoms with Gasteiger partial charge in [-0.3, -0.25) is 15.1 Å². The third kappa shape index (κ3) is 3.03. The van der Waals surface area contributed by atoms with Gasteiger partial charge in [-0.15, -0.1) is 0 Å². The highest BCUT2D eigenvalue weighted by Crippen LogP contribution is 2.35. The summed E-state index contributed by atoms with van der Waals surface area (Å²) in [4.78, 5) is 14.7. The van der Waals surface area contributed by atoms with Crippen LogP contribution in [0.5, 0.6) is 11.5 Å². The van der Waals surface area contributed by atoms with Gasteiger partial charge in [0.05, 0.1) is 14.9 Å². The van der Waals surface area contributed by atoms with E-state index in [-0.39, 0.29) is 5.69 Å². The fourth-order valence-electron chi connectivity index (χ4n) is 2.27. The molecule has 3 aromatic rings. The number of non-ortho nitro benzene ring substituents is 1. The van der Waals surface area contributed by atoms with Crippen LogP contribution in [-0.2, 0) is 0 Å². The van der Waals surface area contributed by atoms with Gasteiger partial charge in [-0.25, -0.2) is 0 Å². The van der Waals surface area contributed by atoms with Crippen molar-refractivity contribution in [2.75, 3.05) is 0 Å². The van der Waals surface area contributed by atoms with Gasteiger partial charge in [0.15, 0.2) is 0 Å². The second kappa shape index (κ2) is 5.96. The van der Waals surface area contributed by atoms with E-state index >= 15 is 0 Å². The third-order valence-corrected chi connectivity index (χ3v) is 4.28. The number of nitro groups is 1. The average molecular weight is 373 g/mol. The molecule has 116 valence electrons. The smallest absolute Gasteiger partial charge is 0.270 e. The van der Waals surface area contributed by atoms with Gasteiger partial charge in [0.2, 0.25) is 0 Å². The highest BCUT2D eigenvalue weighted by atomic mass is 79.9. The van der Waals surface area contributed by atoms with E-state index in [9.17, 15) is 10.1 Å². The van der Waals surface area contributed by atoms with Gasteiger partial charge in [-0.1, -0.05) is 0 Å². The molecule has 0 radical (unpaired) electrons. The van der Waals surface area contributed by atoms with Crippen LogP contribution in [0.1, 0.15) is 11.1 Å². The summed E-state index contributed by atoms with van der Waals surface area (Å²) < 4.78 is 6.47. The van der Waals surface area contributed by atoms with Gasteiger partial charge in [0.1, 0.15) is 11.5 Å². The van der Waals surface area contributed by atoms with Crippen molar-refractivity contribution in [2.45, 2.75) is 13.8 Å². The van der Waals surface area contributed by atoms with Crippen LogP contribution >= 0.6 is 15.9 Å². The van der Waals surface area contributed by atoms with E-state index in [4.69, 9.17) is 4.74 Å². The first kappa shape index (κ1) is 15.4. The fraction of sp³-hybridized carbons (Fsp3) is 0.118. The summed E-state index contributed by atoms with van der Waals surface area (Å²) in [5, 5.41) is 11.7. The maximum absolute atomic E-state index is 10.8. The van der Waals surface area contributed by atoms with Gasteiger partial charge in [-0.2, -0.15) is 0 Å². The molecule has 0 aliphatic heterocycles. The fourth-order valence-corrected chi connectivity index (χ4v) is 2.72. The zero-order valence-corrected chi connectivity index (χ0v) is 14.1. The van der Waals surface area contributed by atoms with Gasteiger partial charge < -0.3 is 4.74 Å². The van der Waals surface area contributed by atoms with E-state index in [0.29, 0.717) is 16.0 Å². The number of aromatic nitrogens is 1. The van der Waals surface area contributed by atoms with Gasteiger partial charge in [-0.05, 0) is 65.2 Å². The van der Waals surface area contributed by atoms with Crippen molar-refractivity contribution in [3.63, 3.8) is 0 Å². The van der Waals surface area contributed by atoms with Crippen molar-refractivity contribution in [3.8, 4) is 11.5 Å². The van der Waals surface area contributed by atoms with Crippen LogP contribution in [0.15, 0.2) is 47.1 Å². The Kier molecular flexibility index (Phi) is 4.00. The summed E-state index contributed by atoms with van der Waals surface area (Å²) >= 11 is 3.32. The maximum Gasteiger partial charge on any atom is 0.270 e. The van der Waals surface area contributed by atoms with Crippen LogP contribution < -0.4 is 4.74 Å². The number of nitro benzene ring substituents is 1. The minimum atomic E-state index is -0.442. The summed E-state index contributed by atoms with van der Waals surface area (Å²) in [7, 11) is 0.